The predicted octanol–water partition coefficient (Wildman–Crippen LogP) is 3.82. The van der Waals surface area contributed by atoms with Gasteiger partial charge in [-0.2, -0.15) is 0 Å². The number of aliphatic hydroxyl groups is 1. The van der Waals surface area contributed by atoms with Crippen LogP contribution in [0, 0.1) is 0 Å². The molecule has 0 fully saturated rings. The Morgan fingerprint density at radius 1 is 0.760 bits per heavy atom. The molecule has 0 amide bonds. The highest BCUT2D eigenvalue weighted by molar-refractivity contribution is 6.04. The number of para-hydroxylation sites is 2. The van der Waals surface area contributed by atoms with Crippen molar-refractivity contribution >= 4 is 27.5 Å². The van der Waals surface area contributed by atoms with Crippen LogP contribution in [-0.2, 0) is 6.42 Å². The Kier molecular flexibility index (Phi) is 4.32. The summed E-state index contributed by atoms with van der Waals surface area (Å²) in [5, 5.41) is 15.8. The lowest BCUT2D eigenvalue weighted by molar-refractivity contribution is -0.310. The molecule has 0 unspecified atom stereocenters. The average Bonchev–Trinajstić information content (AvgIpc) is 2.68. The molecule has 1 aromatic heterocycles. The molecule has 25 heavy (non-hydrogen) atoms. The molecule has 0 saturated carbocycles. The molecular weight excluding hydrogens is 308 g/mol. The summed E-state index contributed by atoms with van der Waals surface area (Å²) in [6, 6.07) is 26.8. The second-order valence-corrected chi connectivity index (χ2v) is 6.30. The minimum Gasteiger partial charge on any atom is -0.394 e. The molecule has 4 rings (SSSR count). The molecule has 3 aromatic carbocycles. The van der Waals surface area contributed by atoms with Crippen molar-refractivity contribution in [1.82, 2.24) is 0 Å². The van der Waals surface area contributed by atoms with Gasteiger partial charge in [-0.3, -0.25) is 0 Å². The van der Waals surface area contributed by atoms with Crippen LogP contribution in [0.4, 0.5) is 5.69 Å². The standard InChI is InChI=1S/C22H20N2O/c25-15-17(14-16-8-2-1-3-9-16)23-22-18-10-4-6-12-20(18)24-21-13-7-5-11-19(21)22/h1-13,17,25H,14-15H2,(H,23,24)/p+1/t17-/m0/s1. The zero-order valence-electron chi connectivity index (χ0n) is 13.9. The molecule has 0 aliphatic heterocycles. The monoisotopic (exact) mass is 329 g/mol. The van der Waals surface area contributed by atoms with Gasteiger partial charge in [0.1, 0.15) is 0 Å². The molecule has 4 aromatic rings. The number of benzene rings is 3. The number of fused-ring (bicyclic) bond motifs is 2. The van der Waals surface area contributed by atoms with Crippen LogP contribution in [0.15, 0.2) is 78.9 Å². The van der Waals surface area contributed by atoms with E-state index in [9.17, 15) is 5.11 Å². The number of nitrogens with one attached hydrogen (secondary N) is 2. The van der Waals surface area contributed by atoms with Crippen molar-refractivity contribution in [2.45, 2.75) is 12.5 Å². The first kappa shape index (κ1) is 15.6. The lowest BCUT2D eigenvalue weighted by Gasteiger charge is -2.19. The SMILES string of the molecule is OC[C@H](Cc1ccccc1)Nc1c2ccccc2[nH+]c2ccccc12. The van der Waals surface area contributed by atoms with E-state index in [1.54, 1.807) is 0 Å². The third kappa shape index (κ3) is 3.19. The number of hydrogen-bond acceptors (Lipinski definition) is 2. The van der Waals surface area contributed by atoms with Gasteiger partial charge in [0.05, 0.1) is 29.1 Å². The summed E-state index contributed by atoms with van der Waals surface area (Å²) in [4.78, 5) is 3.49. The first-order chi connectivity index (χ1) is 12.3. The van der Waals surface area contributed by atoms with Crippen LogP contribution in [0.1, 0.15) is 5.56 Å². The van der Waals surface area contributed by atoms with E-state index < -0.39 is 0 Å². The van der Waals surface area contributed by atoms with Crippen molar-refractivity contribution in [3.63, 3.8) is 0 Å². The number of aromatic amines is 1. The van der Waals surface area contributed by atoms with Crippen LogP contribution in [0.25, 0.3) is 21.8 Å². The highest BCUT2D eigenvalue weighted by atomic mass is 16.3. The summed E-state index contributed by atoms with van der Waals surface area (Å²) < 4.78 is 0. The molecule has 0 bridgehead atoms. The van der Waals surface area contributed by atoms with Crippen LogP contribution in [-0.4, -0.2) is 17.8 Å². The zero-order chi connectivity index (χ0) is 17.1. The fourth-order valence-corrected chi connectivity index (χ4v) is 3.33. The van der Waals surface area contributed by atoms with E-state index in [2.05, 4.69) is 46.7 Å². The first-order valence-corrected chi connectivity index (χ1v) is 8.59. The molecule has 124 valence electrons. The van der Waals surface area contributed by atoms with Crippen LogP contribution < -0.4 is 10.3 Å². The van der Waals surface area contributed by atoms with E-state index in [4.69, 9.17) is 0 Å². The van der Waals surface area contributed by atoms with Crippen molar-refractivity contribution < 1.29 is 10.1 Å². The van der Waals surface area contributed by atoms with Crippen molar-refractivity contribution in [3.8, 4) is 0 Å². The van der Waals surface area contributed by atoms with Gasteiger partial charge in [-0.05, 0) is 24.1 Å². The minimum absolute atomic E-state index is 0.0448. The summed E-state index contributed by atoms with van der Waals surface area (Å²) in [5.41, 5.74) is 4.45. The maximum Gasteiger partial charge on any atom is 0.213 e. The van der Waals surface area contributed by atoms with Gasteiger partial charge in [-0.25, -0.2) is 4.98 Å². The van der Waals surface area contributed by atoms with E-state index >= 15 is 0 Å². The Balaban J connectivity index is 1.78. The number of aromatic nitrogens is 1. The maximum absolute atomic E-state index is 9.92. The topological polar surface area (TPSA) is 46.4 Å². The molecule has 3 N–H and O–H groups in total. The molecule has 0 spiro atoms. The van der Waals surface area contributed by atoms with Crippen LogP contribution in [0.2, 0.25) is 0 Å². The number of pyridine rings is 1. The number of aliphatic hydroxyl groups excluding tert-OH is 1. The smallest absolute Gasteiger partial charge is 0.213 e. The fraction of sp³-hybridized carbons (Fsp3) is 0.136. The first-order valence-electron chi connectivity index (χ1n) is 8.59. The summed E-state index contributed by atoms with van der Waals surface area (Å²) in [6.45, 7) is 0.0795. The van der Waals surface area contributed by atoms with Gasteiger partial charge in [0, 0.05) is 12.1 Å². The second-order valence-electron chi connectivity index (χ2n) is 6.30. The second kappa shape index (κ2) is 6.91. The summed E-state index contributed by atoms with van der Waals surface area (Å²) in [6.07, 6.45) is 0.776. The Morgan fingerprint density at radius 3 is 1.92 bits per heavy atom. The quantitative estimate of drug-likeness (QED) is 0.547. The van der Waals surface area contributed by atoms with Crippen LogP contribution >= 0.6 is 0 Å². The average molecular weight is 329 g/mol. The molecule has 3 nitrogen and oxygen atoms in total. The predicted molar refractivity (Wildman–Crippen MR) is 103 cm³/mol. The molecular formula is C22H21N2O+. The highest BCUT2D eigenvalue weighted by Crippen LogP contribution is 2.29. The van der Waals surface area contributed by atoms with Gasteiger partial charge >= 0.3 is 0 Å². The number of hydrogen-bond donors (Lipinski definition) is 2. The van der Waals surface area contributed by atoms with Gasteiger partial charge in [0.25, 0.3) is 0 Å². The van der Waals surface area contributed by atoms with Crippen molar-refractivity contribution in [2.75, 3.05) is 11.9 Å². The lowest BCUT2D eigenvalue weighted by atomic mass is 10.0. The number of H-pyrrole nitrogens is 1. The minimum atomic E-state index is -0.0448. The van der Waals surface area contributed by atoms with Crippen molar-refractivity contribution in [1.29, 1.82) is 0 Å². The van der Waals surface area contributed by atoms with Gasteiger partial charge in [-0.1, -0.05) is 54.6 Å². The van der Waals surface area contributed by atoms with Crippen LogP contribution in [0.3, 0.4) is 0 Å². The summed E-state index contributed by atoms with van der Waals surface area (Å²) >= 11 is 0. The molecule has 0 aliphatic rings. The Hall–Kier alpha value is -2.91. The third-order valence-electron chi connectivity index (χ3n) is 4.56. The van der Waals surface area contributed by atoms with E-state index in [1.165, 1.54) is 5.56 Å². The van der Waals surface area contributed by atoms with E-state index in [0.717, 1.165) is 33.9 Å². The molecule has 0 aliphatic carbocycles. The largest absolute Gasteiger partial charge is 0.394 e. The van der Waals surface area contributed by atoms with Gasteiger partial charge < -0.3 is 10.4 Å². The molecule has 3 heteroatoms. The normalized spacial score (nSPS) is 12.4. The zero-order valence-corrected chi connectivity index (χ0v) is 13.9. The lowest BCUT2D eigenvalue weighted by Crippen LogP contribution is -2.27. The maximum atomic E-state index is 9.92. The van der Waals surface area contributed by atoms with Crippen molar-refractivity contribution in [3.05, 3.63) is 84.4 Å². The molecule has 1 atom stereocenters. The summed E-state index contributed by atoms with van der Waals surface area (Å²) in [5.74, 6) is 0. The Morgan fingerprint density at radius 2 is 1.32 bits per heavy atom. The molecule has 0 saturated heterocycles. The van der Waals surface area contributed by atoms with E-state index in [1.807, 2.05) is 42.5 Å². The summed E-state index contributed by atoms with van der Waals surface area (Å²) in [7, 11) is 0. The van der Waals surface area contributed by atoms with E-state index in [-0.39, 0.29) is 12.6 Å². The Labute approximate surface area is 147 Å². The van der Waals surface area contributed by atoms with Gasteiger partial charge in [-0.15, -0.1) is 0 Å². The molecule has 0 radical (unpaired) electrons. The van der Waals surface area contributed by atoms with Crippen LogP contribution in [0.5, 0.6) is 0 Å². The van der Waals surface area contributed by atoms with E-state index in [0.29, 0.717) is 0 Å². The number of anilines is 1. The Bertz CT molecular complexity index is 944. The van der Waals surface area contributed by atoms with Gasteiger partial charge in [0.2, 0.25) is 11.0 Å². The van der Waals surface area contributed by atoms with Crippen molar-refractivity contribution in [2.24, 2.45) is 0 Å². The fourth-order valence-electron chi connectivity index (χ4n) is 3.33. The molecule has 1 heterocycles. The highest BCUT2D eigenvalue weighted by Gasteiger charge is 2.16. The third-order valence-corrected chi connectivity index (χ3v) is 4.56. The number of rotatable bonds is 5. The van der Waals surface area contributed by atoms with Gasteiger partial charge in [0.15, 0.2) is 0 Å².